The number of halogens is 1. The van der Waals surface area contributed by atoms with E-state index in [-0.39, 0.29) is 0 Å². The first-order valence-corrected chi connectivity index (χ1v) is 6.43. The third-order valence-corrected chi connectivity index (χ3v) is 0.759. The molecule has 0 aliphatic carbocycles. The Hall–Kier alpha value is -0.736. The molecule has 20 heavy (non-hydrogen) atoms. The molecule has 0 aromatic carbocycles. The zero-order valence-corrected chi connectivity index (χ0v) is 11.8. The zero-order chi connectivity index (χ0) is 17.2. The fourth-order valence-electron chi connectivity index (χ4n) is 0.0422. The molecule has 0 aromatic heterocycles. The van der Waals surface area contributed by atoms with Crippen LogP contribution >= 0.6 is 0 Å². The van der Waals surface area contributed by atoms with E-state index in [0.717, 1.165) is 0 Å². The van der Waals surface area contributed by atoms with Gasteiger partial charge in [-0.05, 0) is 0 Å². The van der Waals surface area contributed by atoms with Gasteiger partial charge in [-0.15, -0.1) is 0 Å². The van der Waals surface area contributed by atoms with E-state index >= 15 is 0 Å². The first-order chi connectivity index (χ1) is 8.95. The fourth-order valence-corrected chi connectivity index (χ4v) is 0.174. The Balaban J connectivity index is -0.0000000883. The second-order valence-corrected chi connectivity index (χ2v) is 3.70. The van der Waals surface area contributed by atoms with Crippen molar-refractivity contribution < 1.29 is 51.8 Å². The maximum Gasteiger partial charge on any atom is 0.0777 e. The number of nitrogens with two attached hydrogens (primary N) is 4. The van der Waals surface area contributed by atoms with E-state index < -0.39 is 33.1 Å². The topological polar surface area (TPSA) is 280 Å². The van der Waals surface area contributed by atoms with Gasteiger partial charge in [-0.3, -0.25) is 0 Å². The Labute approximate surface area is 121 Å². The SMILES string of the molecule is NCCN.NCCN.O=[N+]([O-])[Ni][N+](=O)[O-].[O-][Cl+3]([O-])([O-])O. The van der Waals surface area contributed by atoms with Crippen molar-refractivity contribution in [1.82, 2.24) is 0 Å². The van der Waals surface area contributed by atoms with Crippen molar-refractivity contribution in [2.75, 3.05) is 26.2 Å². The molecule has 0 bridgehead atoms. The molecule has 0 atom stereocenters. The molecule has 0 saturated carbocycles. The predicted octanol–water partition coefficient (Wildman–Crippen LogP) is -6.86. The van der Waals surface area contributed by atoms with Crippen molar-refractivity contribution in [3.05, 3.63) is 20.2 Å². The molecule has 0 aliphatic rings. The second-order valence-electron chi connectivity index (χ2n) is 1.99. The smallest absolute Gasteiger partial charge is 0.0777 e. The summed E-state index contributed by atoms with van der Waals surface area (Å²) in [6, 6.07) is 0. The standard InChI is InChI=1S/2C2H8N2.ClHO4.2NO2.Ni/c2*3-1-2-4;2-1(3,4)5;2*2-1-3;/h2*1-4H2;(H,2,3,4,5);;;. The molecule has 0 heterocycles. The van der Waals surface area contributed by atoms with Crippen LogP contribution in [-0.4, -0.2) is 38.8 Å². The first kappa shape index (κ1) is 27.6. The normalized spacial score (nSPS) is 9.00. The molecule has 0 fully saturated rings. The van der Waals surface area contributed by atoms with Crippen molar-refractivity contribution >= 4 is 0 Å². The number of hydrogen-bond acceptors (Lipinski definition) is 12. The molecule has 0 aliphatic heterocycles. The molecule has 0 rings (SSSR count). The summed E-state index contributed by atoms with van der Waals surface area (Å²) in [5, 5.41) is 18.3. The van der Waals surface area contributed by atoms with Gasteiger partial charge in [0.05, 0.1) is 14.9 Å². The molecule has 14 nitrogen and oxygen atoms in total. The van der Waals surface area contributed by atoms with Crippen molar-refractivity contribution in [3.8, 4) is 0 Å². The van der Waals surface area contributed by atoms with Gasteiger partial charge in [0.1, 0.15) is 0 Å². The first-order valence-electron chi connectivity index (χ1n) is 4.28. The molecular weight excluding hydrogens is 354 g/mol. The van der Waals surface area contributed by atoms with Gasteiger partial charge >= 0.3 is 43.1 Å². The minimum Gasteiger partial charge on any atom is -0.183 e. The van der Waals surface area contributed by atoms with Gasteiger partial charge in [0.2, 0.25) is 0 Å². The number of nitrogens with zero attached hydrogens (tertiary/aromatic N) is 2. The summed E-state index contributed by atoms with van der Waals surface area (Å²) in [7, 11) is -4.69. The van der Waals surface area contributed by atoms with Crippen LogP contribution in [0.15, 0.2) is 0 Å². The fraction of sp³-hybridized carbons (Fsp3) is 1.00. The van der Waals surface area contributed by atoms with E-state index in [0.29, 0.717) is 26.2 Å². The third-order valence-electron chi connectivity index (χ3n) is 0.437. The van der Waals surface area contributed by atoms with Gasteiger partial charge in [-0.2, -0.15) is 14.0 Å². The van der Waals surface area contributed by atoms with Crippen LogP contribution in [-0.2, 0) is 14.9 Å². The van der Waals surface area contributed by atoms with Crippen LogP contribution < -0.4 is 36.9 Å². The molecule has 0 amide bonds. The van der Waals surface area contributed by atoms with Crippen LogP contribution in [0.4, 0.5) is 0 Å². The minimum atomic E-state index is -4.69. The van der Waals surface area contributed by atoms with Gasteiger partial charge in [0, 0.05) is 26.2 Å². The Kier molecular flexibility index (Phi) is 28.4. The van der Waals surface area contributed by atoms with Crippen molar-refractivity contribution in [1.29, 1.82) is 0 Å². The largest absolute Gasteiger partial charge is 0.183 e. The quantitative estimate of drug-likeness (QED) is 0.175. The van der Waals surface area contributed by atoms with Crippen LogP contribution in [0.25, 0.3) is 0 Å². The van der Waals surface area contributed by atoms with Crippen molar-refractivity contribution in [2.45, 2.75) is 0 Å². The van der Waals surface area contributed by atoms with Gasteiger partial charge in [0.25, 0.3) is 0 Å². The second kappa shape index (κ2) is 20.6. The third kappa shape index (κ3) is 165. The van der Waals surface area contributed by atoms with Crippen LogP contribution in [0.2, 0.25) is 0 Å². The Morgan fingerprint density at radius 3 is 1.00 bits per heavy atom. The van der Waals surface area contributed by atoms with E-state index in [2.05, 4.69) is 0 Å². The maximum atomic E-state index is 9.15. The van der Waals surface area contributed by atoms with Gasteiger partial charge < -0.3 is 22.9 Å². The van der Waals surface area contributed by atoms with Crippen LogP contribution in [0.5, 0.6) is 0 Å². The molecule has 0 radical (unpaired) electrons. The molecule has 16 heteroatoms. The van der Waals surface area contributed by atoms with Gasteiger partial charge in [-0.25, -0.2) is 0 Å². The molecule has 9 N–H and O–H groups in total. The summed E-state index contributed by atoms with van der Waals surface area (Å²) in [5.74, 6) is 0. The Bertz CT molecular complexity index is 204. The van der Waals surface area contributed by atoms with Crippen molar-refractivity contribution in [3.63, 3.8) is 0 Å². The number of hydrogen-bond donors (Lipinski definition) is 5. The van der Waals surface area contributed by atoms with E-state index in [1.54, 1.807) is 0 Å². The van der Waals surface area contributed by atoms with Crippen LogP contribution in [0.3, 0.4) is 0 Å². The molecule has 0 spiro atoms. The average Bonchev–Trinajstić information content (AvgIpc) is 2.25. The van der Waals surface area contributed by atoms with Crippen LogP contribution in [0, 0.1) is 30.5 Å². The molecule has 128 valence electrons. The number of nitro groups is 2. The minimum absolute atomic E-state index is 0.597. The van der Waals surface area contributed by atoms with E-state index in [4.69, 9.17) is 61.8 Å². The summed E-state index contributed by atoms with van der Waals surface area (Å²) in [6.45, 7) is 2.39. The summed E-state index contributed by atoms with van der Waals surface area (Å²) >= 11 is -0.708. The predicted molar refractivity (Wildman–Crippen MR) is 52.4 cm³/mol. The van der Waals surface area contributed by atoms with Gasteiger partial charge in [-0.1, -0.05) is 0 Å². The zero-order valence-electron chi connectivity index (χ0n) is 10.0. The summed E-state index contributed by atoms with van der Waals surface area (Å²) in [5.41, 5.74) is 19.6. The van der Waals surface area contributed by atoms with Crippen LogP contribution in [0.1, 0.15) is 0 Å². The van der Waals surface area contributed by atoms with Gasteiger partial charge in [0.15, 0.2) is 0 Å². The van der Waals surface area contributed by atoms with E-state index in [9.17, 15) is 0 Å². The molecular formula is C4H17ClN6NiO8. The average molecular weight is 371 g/mol. The summed E-state index contributed by atoms with van der Waals surface area (Å²) in [6.07, 6.45) is 0. The van der Waals surface area contributed by atoms with E-state index in [1.807, 2.05) is 0 Å². The number of rotatable bonds is 4. The Morgan fingerprint density at radius 1 is 0.850 bits per heavy atom. The maximum absolute atomic E-state index is 9.15. The summed E-state index contributed by atoms with van der Waals surface area (Å²) in [4.78, 5) is 18.3. The monoisotopic (exact) mass is 370 g/mol. The Morgan fingerprint density at radius 2 is 1.00 bits per heavy atom. The molecule has 0 aromatic rings. The summed E-state index contributed by atoms with van der Waals surface area (Å²) < 4.78 is 30.6. The van der Waals surface area contributed by atoms with Crippen molar-refractivity contribution in [2.24, 2.45) is 22.9 Å². The van der Waals surface area contributed by atoms with E-state index in [1.165, 1.54) is 0 Å². The molecule has 0 saturated heterocycles. The molecule has 0 unspecified atom stereocenters.